The summed E-state index contributed by atoms with van der Waals surface area (Å²) in [7, 11) is 3.28. The van der Waals surface area contributed by atoms with E-state index in [1.165, 1.54) is 0 Å². The van der Waals surface area contributed by atoms with E-state index in [-0.39, 0.29) is 18.1 Å². The van der Waals surface area contributed by atoms with Gasteiger partial charge >= 0.3 is 0 Å². The van der Waals surface area contributed by atoms with Gasteiger partial charge in [0.1, 0.15) is 22.8 Å². The molecule has 1 aliphatic heterocycles. The third-order valence-corrected chi connectivity index (χ3v) is 6.53. The molecule has 2 unspecified atom stereocenters. The lowest BCUT2D eigenvalue weighted by atomic mass is 9.96. The van der Waals surface area contributed by atoms with Crippen molar-refractivity contribution < 1.29 is 28.2 Å². The van der Waals surface area contributed by atoms with Gasteiger partial charge in [-0.3, -0.25) is 4.79 Å². The second-order valence-electron chi connectivity index (χ2n) is 9.23. The molecular formula is C29H35NO6. The minimum Gasteiger partial charge on any atom is -0.497 e. The second-order valence-corrected chi connectivity index (χ2v) is 9.23. The van der Waals surface area contributed by atoms with Crippen LogP contribution in [0.1, 0.15) is 38.8 Å². The number of fused-ring (bicyclic) bond motifs is 1. The number of carbonyl (C=O) groups excluding carboxylic acids is 1. The van der Waals surface area contributed by atoms with Gasteiger partial charge in [0.05, 0.1) is 39.3 Å². The number of hydrogen-bond donors (Lipinski definition) is 0. The molecule has 192 valence electrons. The predicted molar refractivity (Wildman–Crippen MR) is 141 cm³/mol. The molecule has 0 bridgehead atoms. The first-order chi connectivity index (χ1) is 17.3. The van der Waals surface area contributed by atoms with Crippen LogP contribution in [0.4, 0.5) is 0 Å². The maximum absolute atomic E-state index is 13.2. The number of furan rings is 1. The zero-order valence-corrected chi connectivity index (χ0v) is 22.1. The predicted octanol–water partition coefficient (Wildman–Crippen LogP) is 5.86. The van der Waals surface area contributed by atoms with Crippen LogP contribution in [0.25, 0.3) is 27.7 Å². The molecule has 1 aliphatic rings. The third kappa shape index (κ3) is 4.93. The lowest BCUT2D eigenvalue weighted by Gasteiger charge is -2.34. The average molecular weight is 494 g/mol. The van der Waals surface area contributed by atoms with Gasteiger partial charge < -0.3 is 28.3 Å². The molecule has 1 amide bonds. The van der Waals surface area contributed by atoms with Gasteiger partial charge in [0.25, 0.3) is 0 Å². The molecule has 0 spiro atoms. The van der Waals surface area contributed by atoms with E-state index in [0.717, 1.165) is 44.5 Å². The Morgan fingerprint density at radius 3 is 2.47 bits per heavy atom. The van der Waals surface area contributed by atoms with Crippen molar-refractivity contribution >= 4 is 22.4 Å². The number of carbonyl (C=O) groups is 1. The standard InChI is InChI=1S/C29H35NO6/c1-8-34-28-20(5)29-24(25(16-35-29)23-12-21(32-6)9-10-26(23)33-7)13-22(28)17(2)11-27(31)30-14-18(3)36-19(4)15-30/h9-13,16,18-19H,8,14-15H2,1-7H3/b17-11+. The van der Waals surface area contributed by atoms with Crippen molar-refractivity contribution in [1.82, 2.24) is 4.90 Å². The normalized spacial score (nSPS) is 18.4. The zero-order chi connectivity index (χ0) is 26.0. The Morgan fingerprint density at radius 1 is 1.11 bits per heavy atom. The Labute approximate surface area is 212 Å². The average Bonchev–Trinajstić information content (AvgIpc) is 3.28. The number of rotatable bonds is 7. The molecule has 1 saturated heterocycles. The van der Waals surface area contributed by atoms with E-state index in [0.29, 0.717) is 31.2 Å². The minimum atomic E-state index is -0.0309. The summed E-state index contributed by atoms with van der Waals surface area (Å²) in [5.41, 5.74) is 5.03. The number of amides is 1. The molecule has 0 saturated carbocycles. The summed E-state index contributed by atoms with van der Waals surface area (Å²) in [5, 5.41) is 0.909. The largest absolute Gasteiger partial charge is 0.497 e. The Hall–Kier alpha value is -3.45. The quantitative estimate of drug-likeness (QED) is 0.384. The smallest absolute Gasteiger partial charge is 0.247 e. The summed E-state index contributed by atoms with van der Waals surface area (Å²) >= 11 is 0. The number of hydrogen-bond acceptors (Lipinski definition) is 6. The van der Waals surface area contributed by atoms with E-state index < -0.39 is 0 Å². The van der Waals surface area contributed by atoms with Gasteiger partial charge in [-0.05, 0) is 64.5 Å². The lowest BCUT2D eigenvalue weighted by Crippen LogP contribution is -2.47. The van der Waals surface area contributed by atoms with E-state index in [2.05, 4.69) is 0 Å². The fourth-order valence-electron chi connectivity index (χ4n) is 4.88. The van der Waals surface area contributed by atoms with Gasteiger partial charge in [-0.25, -0.2) is 0 Å². The molecule has 1 aromatic heterocycles. The summed E-state index contributed by atoms with van der Waals surface area (Å²) in [6.45, 7) is 11.5. The summed E-state index contributed by atoms with van der Waals surface area (Å²) in [6.07, 6.45) is 3.44. The van der Waals surface area contributed by atoms with Gasteiger partial charge in [-0.1, -0.05) is 0 Å². The molecule has 36 heavy (non-hydrogen) atoms. The molecule has 0 aliphatic carbocycles. The van der Waals surface area contributed by atoms with E-state index in [1.54, 1.807) is 26.6 Å². The van der Waals surface area contributed by atoms with Gasteiger partial charge in [-0.15, -0.1) is 0 Å². The van der Waals surface area contributed by atoms with Crippen LogP contribution >= 0.6 is 0 Å². The number of aryl methyl sites for hydroxylation is 1. The summed E-state index contributed by atoms with van der Waals surface area (Å²) in [6, 6.07) is 7.71. The molecule has 2 aromatic carbocycles. The molecule has 7 heteroatoms. The first-order valence-electron chi connectivity index (χ1n) is 12.3. The highest BCUT2D eigenvalue weighted by molar-refractivity contribution is 6.02. The van der Waals surface area contributed by atoms with E-state index >= 15 is 0 Å². The van der Waals surface area contributed by atoms with Crippen LogP contribution in [-0.2, 0) is 9.53 Å². The van der Waals surface area contributed by atoms with Crippen molar-refractivity contribution in [2.75, 3.05) is 33.9 Å². The lowest BCUT2D eigenvalue weighted by molar-refractivity contribution is -0.137. The van der Waals surface area contributed by atoms with E-state index in [1.807, 2.05) is 63.8 Å². The fraction of sp³-hybridized carbons (Fsp3) is 0.414. The molecule has 4 rings (SSSR count). The molecule has 2 heterocycles. The maximum atomic E-state index is 13.2. The van der Waals surface area contributed by atoms with E-state index in [9.17, 15) is 4.79 Å². The van der Waals surface area contributed by atoms with Gasteiger partial charge in [-0.2, -0.15) is 0 Å². The van der Waals surface area contributed by atoms with Gasteiger partial charge in [0, 0.05) is 46.8 Å². The fourth-order valence-corrected chi connectivity index (χ4v) is 4.88. The number of morpholine rings is 1. The SMILES string of the molecule is CCOc1c(/C(C)=C/C(=O)N2CC(C)OC(C)C2)cc2c(-c3cc(OC)ccc3OC)coc2c1C. The maximum Gasteiger partial charge on any atom is 0.247 e. The Kier molecular flexibility index (Phi) is 7.59. The van der Waals surface area contributed by atoms with Crippen LogP contribution in [-0.4, -0.2) is 56.9 Å². The van der Waals surface area contributed by atoms with Crippen LogP contribution in [0.5, 0.6) is 17.2 Å². The molecule has 7 nitrogen and oxygen atoms in total. The molecule has 1 fully saturated rings. The third-order valence-electron chi connectivity index (χ3n) is 6.53. The van der Waals surface area contributed by atoms with Crippen molar-refractivity contribution in [3.8, 4) is 28.4 Å². The molecule has 3 aromatic rings. The number of benzene rings is 2. The van der Waals surface area contributed by atoms with Crippen LogP contribution in [0.3, 0.4) is 0 Å². The van der Waals surface area contributed by atoms with E-state index in [4.69, 9.17) is 23.4 Å². The first-order valence-corrected chi connectivity index (χ1v) is 12.3. The van der Waals surface area contributed by atoms with Crippen LogP contribution < -0.4 is 14.2 Å². The van der Waals surface area contributed by atoms with Crippen LogP contribution in [0.2, 0.25) is 0 Å². The Morgan fingerprint density at radius 2 is 1.83 bits per heavy atom. The van der Waals surface area contributed by atoms with Crippen LogP contribution in [0.15, 0.2) is 41.0 Å². The van der Waals surface area contributed by atoms with Gasteiger partial charge in [0.2, 0.25) is 5.91 Å². The van der Waals surface area contributed by atoms with Crippen molar-refractivity contribution in [2.24, 2.45) is 0 Å². The molecule has 0 N–H and O–H groups in total. The van der Waals surface area contributed by atoms with Crippen LogP contribution in [0, 0.1) is 6.92 Å². The summed E-state index contributed by atoms with van der Waals surface area (Å²) in [5.74, 6) is 2.12. The van der Waals surface area contributed by atoms with Crippen molar-refractivity contribution in [1.29, 1.82) is 0 Å². The van der Waals surface area contributed by atoms with Crippen molar-refractivity contribution in [3.63, 3.8) is 0 Å². The Balaban J connectivity index is 1.84. The number of ether oxygens (including phenoxy) is 4. The molecule has 2 atom stereocenters. The molecule has 0 radical (unpaired) electrons. The van der Waals surface area contributed by atoms with Gasteiger partial charge in [0.15, 0.2) is 0 Å². The minimum absolute atomic E-state index is 0.00955. The van der Waals surface area contributed by atoms with Crippen molar-refractivity contribution in [3.05, 3.63) is 47.7 Å². The topological polar surface area (TPSA) is 70.4 Å². The molecular weight excluding hydrogens is 458 g/mol. The highest BCUT2D eigenvalue weighted by Gasteiger charge is 2.26. The Bertz CT molecular complexity index is 1280. The zero-order valence-electron chi connectivity index (χ0n) is 22.1. The highest BCUT2D eigenvalue weighted by atomic mass is 16.5. The van der Waals surface area contributed by atoms with Crippen molar-refractivity contribution in [2.45, 2.75) is 46.8 Å². The number of methoxy groups -OCH3 is 2. The second kappa shape index (κ2) is 10.7. The summed E-state index contributed by atoms with van der Waals surface area (Å²) in [4.78, 5) is 15.0. The summed E-state index contributed by atoms with van der Waals surface area (Å²) < 4.78 is 29.0. The highest BCUT2D eigenvalue weighted by Crippen LogP contribution is 2.43. The monoisotopic (exact) mass is 493 g/mol. The number of allylic oxidation sites excluding steroid dienone is 1. The number of nitrogens with zero attached hydrogens (tertiary/aromatic N) is 1. The first kappa shape index (κ1) is 25.6.